The maximum absolute atomic E-state index is 13.0. The van der Waals surface area contributed by atoms with Gasteiger partial charge in [0.2, 0.25) is 5.82 Å². The fourth-order valence-electron chi connectivity index (χ4n) is 4.09. The van der Waals surface area contributed by atoms with Gasteiger partial charge in [-0.25, -0.2) is 14.6 Å². The zero-order valence-corrected chi connectivity index (χ0v) is 18.3. The van der Waals surface area contributed by atoms with Crippen LogP contribution in [0.4, 0.5) is 11.5 Å². The Bertz CT molecular complexity index is 1160. The van der Waals surface area contributed by atoms with E-state index < -0.39 is 11.9 Å². The Kier molecular flexibility index (Phi) is 5.64. The van der Waals surface area contributed by atoms with Gasteiger partial charge < -0.3 is 15.0 Å². The van der Waals surface area contributed by atoms with Crippen molar-refractivity contribution in [3.05, 3.63) is 60.3 Å². The third-order valence-electron chi connectivity index (χ3n) is 5.87. The van der Waals surface area contributed by atoms with E-state index in [0.717, 1.165) is 37.2 Å². The van der Waals surface area contributed by atoms with E-state index >= 15 is 0 Å². The average Bonchev–Trinajstić information content (AvgIpc) is 3.52. The van der Waals surface area contributed by atoms with Crippen molar-refractivity contribution in [1.82, 2.24) is 25.1 Å². The van der Waals surface area contributed by atoms with Gasteiger partial charge in [0.1, 0.15) is 19.0 Å². The monoisotopic (exact) mass is 447 g/mol. The largest absolute Gasteiger partial charge is 0.487 e. The molecular weight excluding hydrogens is 422 g/mol. The van der Waals surface area contributed by atoms with Crippen molar-refractivity contribution in [2.45, 2.75) is 25.4 Å². The average molecular weight is 447 g/mol. The van der Waals surface area contributed by atoms with E-state index in [4.69, 9.17) is 4.74 Å². The minimum atomic E-state index is -0.881. The summed E-state index contributed by atoms with van der Waals surface area (Å²) >= 11 is 0. The Morgan fingerprint density at radius 2 is 1.97 bits per heavy atom. The van der Waals surface area contributed by atoms with Crippen LogP contribution in [0.1, 0.15) is 29.0 Å². The van der Waals surface area contributed by atoms with E-state index in [-0.39, 0.29) is 18.3 Å². The zero-order valence-electron chi connectivity index (χ0n) is 18.3. The Morgan fingerprint density at radius 1 is 1.18 bits per heavy atom. The summed E-state index contributed by atoms with van der Waals surface area (Å²) in [6.07, 6.45) is 5.57. The van der Waals surface area contributed by atoms with Gasteiger partial charge in [0.25, 0.3) is 11.8 Å². The number of nitrogens with zero attached hydrogens (tertiary/aromatic N) is 6. The van der Waals surface area contributed by atoms with E-state index in [9.17, 15) is 9.59 Å². The van der Waals surface area contributed by atoms with Crippen LogP contribution >= 0.6 is 0 Å². The number of carbonyl (C=O) groups excluding carboxylic acids is 2. The van der Waals surface area contributed by atoms with E-state index in [1.165, 1.54) is 11.2 Å². The summed E-state index contributed by atoms with van der Waals surface area (Å²) in [5.41, 5.74) is 2.02. The molecule has 0 spiro atoms. The van der Waals surface area contributed by atoms with Crippen molar-refractivity contribution < 1.29 is 14.3 Å². The highest BCUT2D eigenvalue weighted by atomic mass is 16.5. The number of fused-ring (bicyclic) bond motifs is 1. The standard InChI is InChI=1S/C23H25N7O3/c1-28-21-19(11-17(12-24-21)29-9-5-6-10-29)33-14-18(23(28)32)26-22(31)20-25-15-30(27-20)13-16-7-3-2-4-8-16/h2-4,7-8,11-12,15,18H,5-6,9-10,13-14H2,1H3,(H,26,31)/t18-/m0/s1. The Hall–Kier alpha value is -3.95. The van der Waals surface area contributed by atoms with Crippen LogP contribution in [-0.4, -0.2) is 64.3 Å². The lowest BCUT2D eigenvalue weighted by Crippen LogP contribution is -2.49. The van der Waals surface area contributed by atoms with Gasteiger partial charge >= 0.3 is 0 Å². The van der Waals surface area contributed by atoms with Crippen LogP contribution in [0, 0.1) is 0 Å². The number of amides is 2. The van der Waals surface area contributed by atoms with Crippen molar-refractivity contribution in [2.75, 3.05) is 36.5 Å². The van der Waals surface area contributed by atoms with Gasteiger partial charge in [-0.1, -0.05) is 30.3 Å². The predicted octanol–water partition coefficient (Wildman–Crippen LogP) is 1.48. The lowest BCUT2D eigenvalue weighted by molar-refractivity contribution is -0.120. The van der Waals surface area contributed by atoms with E-state index in [1.807, 2.05) is 36.4 Å². The molecule has 0 aliphatic carbocycles. The summed E-state index contributed by atoms with van der Waals surface area (Å²) in [5, 5.41) is 6.95. The smallest absolute Gasteiger partial charge is 0.291 e. The van der Waals surface area contributed by atoms with E-state index in [1.54, 1.807) is 17.9 Å². The lowest BCUT2D eigenvalue weighted by atomic mass is 10.2. The van der Waals surface area contributed by atoms with Gasteiger partial charge in [-0.05, 0) is 18.4 Å². The Balaban J connectivity index is 1.27. The molecule has 1 N–H and O–H groups in total. The molecule has 2 amide bonds. The molecule has 1 atom stereocenters. The second-order valence-electron chi connectivity index (χ2n) is 8.20. The van der Waals surface area contributed by atoms with Gasteiger partial charge in [0.15, 0.2) is 11.6 Å². The van der Waals surface area contributed by atoms with Gasteiger partial charge in [0, 0.05) is 26.2 Å². The number of anilines is 2. The highest BCUT2D eigenvalue weighted by Gasteiger charge is 2.33. The summed E-state index contributed by atoms with van der Waals surface area (Å²) in [7, 11) is 1.63. The highest BCUT2D eigenvalue weighted by Crippen LogP contribution is 2.33. The maximum atomic E-state index is 13.0. The molecule has 33 heavy (non-hydrogen) atoms. The molecular formula is C23H25N7O3. The van der Waals surface area contributed by atoms with Crippen LogP contribution in [0.15, 0.2) is 48.9 Å². The molecule has 0 saturated carbocycles. The first kappa shape index (κ1) is 20.9. The normalized spacial score (nSPS) is 18.0. The molecule has 0 radical (unpaired) electrons. The number of ether oxygens (including phenoxy) is 1. The molecule has 1 saturated heterocycles. The van der Waals surface area contributed by atoms with Gasteiger partial charge in [-0.2, -0.15) is 0 Å². The molecule has 0 bridgehead atoms. The van der Waals surface area contributed by atoms with Crippen molar-refractivity contribution >= 4 is 23.3 Å². The zero-order chi connectivity index (χ0) is 22.8. The third kappa shape index (κ3) is 4.36. The minimum absolute atomic E-state index is 0.00221. The van der Waals surface area contributed by atoms with Crippen molar-refractivity contribution in [3.8, 4) is 5.75 Å². The molecule has 10 heteroatoms. The SMILES string of the molecule is CN1C(=O)[C@@H](NC(=O)c2ncn(Cc3ccccc3)n2)COc2cc(N3CCCC3)cnc21. The molecule has 2 aromatic heterocycles. The molecule has 4 heterocycles. The second-order valence-corrected chi connectivity index (χ2v) is 8.20. The number of benzene rings is 1. The molecule has 10 nitrogen and oxygen atoms in total. The van der Waals surface area contributed by atoms with Crippen LogP contribution in [0.25, 0.3) is 0 Å². The maximum Gasteiger partial charge on any atom is 0.291 e. The number of carbonyl (C=O) groups is 2. The van der Waals surface area contributed by atoms with Crippen molar-refractivity contribution in [3.63, 3.8) is 0 Å². The number of hydrogen-bond acceptors (Lipinski definition) is 7. The summed E-state index contributed by atoms with van der Waals surface area (Å²) in [4.78, 5) is 38.0. The lowest BCUT2D eigenvalue weighted by Gasteiger charge is -2.21. The number of pyridine rings is 1. The quantitative estimate of drug-likeness (QED) is 0.631. The molecule has 2 aliphatic heterocycles. The van der Waals surface area contributed by atoms with Gasteiger partial charge in [0.05, 0.1) is 18.4 Å². The molecule has 1 aromatic carbocycles. The number of nitrogens with one attached hydrogen (secondary N) is 1. The number of rotatable bonds is 5. The van der Waals surface area contributed by atoms with Crippen LogP contribution in [0.5, 0.6) is 5.75 Å². The summed E-state index contributed by atoms with van der Waals surface area (Å²) in [6.45, 7) is 2.46. The predicted molar refractivity (Wildman–Crippen MR) is 121 cm³/mol. The van der Waals surface area contributed by atoms with Crippen molar-refractivity contribution in [1.29, 1.82) is 0 Å². The van der Waals surface area contributed by atoms with Gasteiger partial charge in [-0.3, -0.25) is 14.5 Å². The second kappa shape index (κ2) is 8.89. The summed E-state index contributed by atoms with van der Waals surface area (Å²) < 4.78 is 7.50. The van der Waals surface area contributed by atoms with Crippen LogP contribution < -0.4 is 19.9 Å². The third-order valence-corrected chi connectivity index (χ3v) is 5.87. The molecule has 2 aliphatic rings. The van der Waals surface area contributed by atoms with E-state index in [0.29, 0.717) is 18.1 Å². The van der Waals surface area contributed by atoms with Crippen LogP contribution in [0.3, 0.4) is 0 Å². The van der Waals surface area contributed by atoms with Crippen molar-refractivity contribution in [2.24, 2.45) is 0 Å². The fraction of sp³-hybridized carbons (Fsp3) is 0.348. The first-order valence-electron chi connectivity index (χ1n) is 11.0. The molecule has 170 valence electrons. The van der Waals surface area contributed by atoms with Gasteiger partial charge in [-0.15, -0.1) is 5.10 Å². The van der Waals surface area contributed by atoms with Crippen LogP contribution in [-0.2, 0) is 11.3 Å². The molecule has 5 rings (SSSR count). The summed E-state index contributed by atoms with van der Waals surface area (Å²) in [6, 6.07) is 10.8. The van der Waals surface area contributed by atoms with E-state index in [2.05, 4.69) is 25.3 Å². The topological polar surface area (TPSA) is 105 Å². The summed E-state index contributed by atoms with van der Waals surface area (Å²) in [5.74, 6) is 0.112. The van der Waals surface area contributed by atoms with Crippen LogP contribution in [0.2, 0.25) is 0 Å². The Morgan fingerprint density at radius 3 is 2.76 bits per heavy atom. The molecule has 1 fully saturated rings. The first-order valence-corrected chi connectivity index (χ1v) is 11.0. The molecule has 0 unspecified atom stereocenters. The highest BCUT2D eigenvalue weighted by molar-refractivity contribution is 6.01. The number of likely N-dealkylation sites (N-methyl/N-ethyl adjacent to an activating group) is 1. The number of aromatic nitrogens is 4. The number of hydrogen-bond donors (Lipinski definition) is 1. The fourth-order valence-corrected chi connectivity index (χ4v) is 4.09. The molecule has 3 aromatic rings. The Labute approximate surface area is 191 Å². The first-order chi connectivity index (χ1) is 16.1. The minimum Gasteiger partial charge on any atom is -0.487 e.